The zero-order valence-corrected chi connectivity index (χ0v) is 28.3. The first kappa shape index (κ1) is 33.2. The molecule has 2 amide bonds. The van der Waals surface area contributed by atoms with Crippen LogP contribution in [0.1, 0.15) is 56.6 Å². The number of benzene rings is 2. The van der Waals surface area contributed by atoms with Crippen molar-refractivity contribution in [3.63, 3.8) is 0 Å². The standard InChI is InChI=1S/C37H43N9O4/c1-43-34-25(11-7-13-30(34)46(37(43)50)31-15-16-33(48)40-36(31)49)10-3-2-6-17-44-18-8-9-24(21-44)22-45-23-26(20-39-45)28-19-29(41-42-35(28)38)27-12-4-5-14-32(27)47/h4-5,7,11-14,19-20,23-24,31,47H,2-3,6,8-10,15-18,21-22H2,1H3,(H2,38,42)(H,40,48,49)/t24-,31?/m1/s1. The lowest BCUT2D eigenvalue weighted by Crippen LogP contribution is -2.44. The van der Waals surface area contributed by atoms with E-state index < -0.39 is 11.9 Å². The summed E-state index contributed by atoms with van der Waals surface area (Å²) in [7, 11) is 1.76. The monoisotopic (exact) mass is 677 g/mol. The van der Waals surface area contributed by atoms with Crippen molar-refractivity contribution < 1.29 is 14.7 Å². The lowest BCUT2D eigenvalue weighted by Gasteiger charge is -2.32. The summed E-state index contributed by atoms with van der Waals surface area (Å²) < 4.78 is 5.18. The van der Waals surface area contributed by atoms with E-state index in [-0.39, 0.29) is 23.8 Å². The van der Waals surface area contributed by atoms with E-state index in [2.05, 4.69) is 31.6 Å². The van der Waals surface area contributed by atoms with Crippen LogP contribution in [0.3, 0.4) is 0 Å². The van der Waals surface area contributed by atoms with Gasteiger partial charge in [-0.2, -0.15) is 5.10 Å². The molecule has 2 aliphatic rings. The van der Waals surface area contributed by atoms with Crippen molar-refractivity contribution >= 4 is 28.7 Å². The number of piperidine rings is 2. The SMILES string of the molecule is Cn1c(=O)n(C2CCC(=O)NC2=O)c2cccc(CCCCCN3CCC[C@@H](Cn4cc(-c5cc(-c6ccccc6O)nnc5N)cn4)C3)c21. The van der Waals surface area contributed by atoms with Gasteiger partial charge in [0, 0.05) is 49.4 Å². The number of amides is 2. The number of imidazole rings is 1. The first-order valence-electron chi connectivity index (χ1n) is 17.5. The van der Waals surface area contributed by atoms with Crippen molar-refractivity contribution in [1.29, 1.82) is 0 Å². The van der Waals surface area contributed by atoms with Gasteiger partial charge in [0.15, 0.2) is 5.82 Å². The van der Waals surface area contributed by atoms with Crippen LogP contribution in [0.15, 0.2) is 65.7 Å². The number of carbonyl (C=O) groups excluding carboxylic acids is 2. The van der Waals surface area contributed by atoms with Crippen molar-refractivity contribution in [2.24, 2.45) is 13.0 Å². The summed E-state index contributed by atoms with van der Waals surface area (Å²) in [5.41, 5.74) is 11.4. The molecule has 50 heavy (non-hydrogen) atoms. The number of carbonyl (C=O) groups is 2. The molecule has 1 unspecified atom stereocenters. The molecule has 2 aromatic carbocycles. The summed E-state index contributed by atoms with van der Waals surface area (Å²) in [5, 5.41) is 25.7. The van der Waals surface area contributed by atoms with Crippen LogP contribution < -0.4 is 16.7 Å². The average Bonchev–Trinajstić information content (AvgIpc) is 3.67. The number of nitrogens with two attached hydrogens (primary N) is 1. The molecule has 5 aromatic rings. The maximum Gasteiger partial charge on any atom is 0.329 e. The molecule has 0 spiro atoms. The largest absolute Gasteiger partial charge is 0.507 e. The van der Waals surface area contributed by atoms with Gasteiger partial charge < -0.3 is 15.7 Å². The fourth-order valence-electron chi connectivity index (χ4n) is 7.60. The second-order valence-corrected chi connectivity index (χ2v) is 13.6. The second kappa shape index (κ2) is 14.3. The van der Waals surface area contributed by atoms with Crippen LogP contribution in [-0.2, 0) is 29.6 Å². The minimum absolute atomic E-state index is 0.139. The van der Waals surface area contributed by atoms with Crippen molar-refractivity contribution in [2.75, 3.05) is 25.4 Å². The number of fused-ring (bicyclic) bond motifs is 1. The lowest BCUT2D eigenvalue weighted by atomic mass is 9.97. The van der Waals surface area contributed by atoms with E-state index in [9.17, 15) is 19.5 Å². The number of hydrogen-bond donors (Lipinski definition) is 3. The van der Waals surface area contributed by atoms with Gasteiger partial charge in [0.1, 0.15) is 11.8 Å². The maximum atomic E-state index is 13.2. The predicted octanol–water partition coefficient (Wildman–Crippen LogP) is 4.05. The Morgan fingerprint density at radius 1 is 1.00 bits per heavy atom. The Labute approximate surface area is 289 Å². The minimum atomic E-state index is -0.676. The molecule has 2 atom stereocenters. The Morgan fingerprint density at radius 3 is 2.70 bits per heavy atom. The molecular weight excluding hydrogens is 634 g/mol. The molecule has 13 nitrogen and oxygen atoms in total. The van der Waals surface area contributed by atoms with Gasteiger partial charge in [-0.05, 0) is 87.4 Å². The number of nitrogens with one attached hydrogen (secondary N) is 1. The first-order valence-corrected chi connectivity index (χ1v) is 17.5. The summed E-state index contributed by atoms with van der Waals surface area (Å²) in [6.45, 7) is 4.00. The number of rotatable bonds is 11. The number of aromatic hydroxyl groups is 1. The van der Waals surface area contributed by atoms with E-state index in [1.54, 1.807) is 34.4 Å². The molecule has 7 rings (SSSR count). The summed E-state index contributed by atoms with van der Waals surface area (Å²) >= 11 is 0. The first-order chi connectivity index (χ1) is 24.3. The summed E-state index contributed by atoms with van der Waals surface area (Å²) in [6, 6.07) is 14.1. The molecule has 0 saturated carbocycles. The topological polar surface area (TPSA) is 166 Å². The third-order valence-corrected chi connectivity index (χ3v) is 10.1. The van der Waals surface area contributed by atoms with E-state index in [4.69, 9.17) is 5.73 Å². The van der Waals surface area contributed by atoms with Crippen molar-refractivity contribution in [2.45, 2.75) is 64.0 Å². The fourth-order valence-corrected chi connectivity index (χ4v) is 7.60. The Morgan fingerprint density at radius 2 is 1.86 bits per heavy atom. The van der Waals surface area contributed by atoms with Crippen molar-refractivity contribution in [3.8, 4) is 28.1 Å². The summed E-state index contributed by atoms with van der Waals surface area (Å²) in [4.78, 5) is 40.1. The van der Waals surface area contributed by atoms with Gasteiger partial charge in [-0.3, -0.25) is 28.7 Å². The average molecular weight is 678 g/mol. The number of aryl methyl sites for hydroxylation is 2. The third kappa shape index (κ3) is 6.77. The molecule has 260 valence electrons. The number of imide groups is 1. The Bertz CT molecular complexity index is 2100. The van der Waals surface area contributed by atoms with Gasteiger partial charge in [-0.1, -0.05) is 30.7 Å². The fraction of sp³-hybridized carbons (Fsp3) is 0.405. The van der Waals surface area contributed by atoms with Crippen LogP contribution in [-0.4, -0.2) is 70.6 Å². The molecular formula is C37H43N9O4. The number of phenolic OH excluding ortho intramolecular Hbond substituents is 1. The molecule has 2 fully saturated rings. The summed E-state index contributed by atoms with van der Waals surface area (Å²) in [6.07, 6.45) is 10.7. The van der Waals surface area contributed by atoms with Gasteiger partial charge in [-0.15, -0.1) is 10.2 Å². The zero-order chi connectivity index (χ0) is 34.8. The number of unbranched alkanes of at least 4 members (excludes halogenated alkanes) is 2. The Hall–Kier alpha value is -5.30. The predicted molar refractivity (Wildman–Crippen MR) is 190 cm³/mol. The van der Waals surface area contributed by atoms with Crippen LogP contribution in [0.25, 0.3) is 33.4 Å². The highest BCUT2D eigenvalue weighted by atomic mass is 16.3. The molecule has 0 bridgehead atoms. The van der Waals surface area contributed by atoms with E-state index in [1.807, 2.05) is 41.3 Å². The smallest absolute Gasteiger partial charge is 0.329 e. The van der Waals surface area contributed by atoms with E-state index in [1.165, 1.54) is 0 Å². The second-order valence-electron chi connectivity index (χ2n) is 13.6. The molecule has 0 radical (unpaired) electrons. The van der Waals surface area contributed by atoms with Gasteiger partial charge in [0.05, 0.1) is 22.9 Å². The normalized spacial score (nSPS) is 18.5. The summed E-state index contributed by atoms with van der Waals surface area (Å²) in [5.74, 6) is 0.246. The number of nitrogen functional groups attached to an aromatic ring is 1. The van der Waals surface area contributed by atoms with Crippen LogP contribution in [0, 0.1) is 5.92 Å². The van der Waals surface area contributed by atoms with Crippen LogP contribution in [0.2, 0.25) is 0 Å². The van der Waals surface area contributed by atoms with Crippen LogP contribution >= 0.6 is 0 Å². The van der Waals surface area contributed by atoms with Gasteiger partial charge in [0.25, 0.3) is 0 Å². The third-order valence-electron chi connectivity index (χ3n) is 10.1. The molecule has 5 heterocycles. The molecule has 2 aliphatic heterocycles. The zero-order valence-electron chi connectivity index (χ0n) is 28.3. The quantitative estimate of drug-likeness (QED) is 0.138. The highest BCUT2D eigenvalue weighted by Crippen LogP contribution is 2.32. The van der Waals surface area contributed by atoms with E-state index in [0.717, 1.165) is 92.4 Å². The number of hydrogen-bond acceptors (Lipinski definition) is 9. The maximum absolute atomic E-state index is 13.2. The lowest BCUT2D eigenvalue weighted by molar-refractivity contribution is -0.135. The molecule has 3 aromatic heterocycles. The van der Waals surface area contributed by atoms with Crippen molar-refractivity contribution in [3.05, 3.63) is 77.0 Å². The number of nitrogens with zero attached hydrogens (tertiary/aromatic N) is 7. The van der Waals surface area contributed by atoms with E-state index in [0.29, 0.717) is 29.4 Å². The van der Waals surface area contributed by atoms with Crippen LogP contribution in [0.5, 0.6) is 5.75 Å². The van der Waals surface area contributed by atoms with Crippen molar-refractivity contribution in [1.82, 2.24) is 39.3 Å². The molecule has 13 heteroatoms. The number of para-hydroxylation sites is 2. The molecule has 2 saturated heterocycles. The minimum Gasteiger partial charge on any atom is -0.507 e. The van der Waals surface area contributed by atoms with Crippen LogP contribution in [0.4, 0.5) is 5.82 Å². The number of anilines is 1. The molecule has 0 aliphatic carbocycles. The highest BCUT2D eigenvalue weighted by molar-refractivity contribution is 6.00. The number of likely N-dealkylation sites (tertiary alicyclic amines) is 1. The number of phenols is 1. The highest BCUT2D eigenvalue weighted by Gasteiger charge is 2.31. The van der Waals surface area contributed by atoms with Gasteiger partial charge in [-0.25, -0.2) is 4.79 Å². The Kier molecular flexibility index (Phi) is 9.48. The molecule has 4 N–H and O–H groups in total. The Balaban J connectivity index is 0.920. The number of aromatic nitrogens is 6. The van der Waals surface area contributed by atoms with E-state index >= 15 is 0 Å². The van der Waals surface area contributed by atoms with Gasteiger partial charge >= 0.3 is 5.69 Å². The van der Waals surface area contributed by atoms with Gasteiger partial charge in [0.2, 0.25) is 11.8 Å².